The molecule has 0 N–H and O–H groups in total. The summed E-state index contributed by atoms with van der Waals surface area (Å²) in [5.74, 6) is -0.00556. The lowest BCUT2D eigenvalue weighted by Gasteiger charge is -2.32. The maximum Gasteiger partial charge on any atom is 0.259 e. The molecule has 3 aromatic rings. The van der Waals surface area contributed by atoms with Crippen molar-refractivity contribution in [1.82, 2.24) is 19.8 Å². The van der Waals surface area contributed by atoms with Crippen molar-refractivity contribution in [2.75, 3.05) is 37.6 Å². The Balaban J connectivity index is 1.61. The molecule has 0 radical (unpaired) electrons. The van der Waals surface area contributed by atoms with Gasteiger partial charge in [0, 0.05) is 63.1 Å². The minimum Gasteiger partial charge on any atom is -0.338 e. The average Bonchev–Trinajstić information content (AvgIpc) is 2.95. The monoisotopic (exact) mass is 545 g/mol. The summed E-state index contributed by atoms with van der Waals surface area (Å²) < 4.78 is 14.6. The molecular formula is C32H40FN5O2. The first-order valence-electron chi connectivity index (χ1n) is 14.3. The van der Waals surface area contributed by atoms with Gasteiger partial charge >= 0.3 is 0 Å². The Kier molecular flexibility index (Phi) is 10.7. The zero-order valence-corrected chi connectivity index (χ0v) is 23.6. The van der Waals surface area contributed by atoms with Gasteiger partial charge in [0.05, 0.1) is 5.56 Å². The number of rotatable bonds is 7. The lowest BCUT2D eigenvalue weighted by Crippen LogP contribution is -2.39. The van der Waals surface area contributed by atoms with Gasteiger partial charge in [0.25, 0.3) is 5.91 Å². The molecule has 0 atom stereocenters. The minimum atomic E-state index is -0.382. The smallest absolute Gasteiger partial charge is 0.259 e. The van der Waals surface area contributed by atoms with Crippen LogP contribution < -0.4 is 4.90 Å². The molecule has 7 nitrogen and oxygen atoms in total. The highest BCUT2D eigenvalue weighted by molar-refractivity contribution is 6.06. The number of carbonyl (C=O) groups excluding carboxylic acids is 2. The SMILES string of the molecule is CC(C)CN1CCCN(C(=O)CCCc2ccncc2)Cc2cc(F)ccc2N(C(=O)c2cccnc2)CCC1. The number of fused-ring (bicyclic) bond motifs is 1. The fraction of sp³-hybridized carbons (Fsp3) is 0.438. The Hall–Kier alpha value is -3.65. The number of nitrogens with zero attached hydrogens (tertiary/aromatic N) is 5. The zero-order chi connectivity index (χ0) is 28.3. The van der Waals surface area contributed by atoms with Gasteiger partial charge in [-0.1, -0.05) is 13.8 Å². The number of aryl methyl sites for hydroxylation is 1. The van der Waals surface area contributed by atoms with Crippen LogP contribution >= 0.6 is 0 Å². The molecule has 212 valence electrons. The number of hydrogen-bond donors (Lipinski definition) is 0. The van der Waals surface area contributed by atoms with Crippen LogP contribution in [0.25, 0.3) is 0 Å². The summed E-state index contributed by atoms with van der Waals surface area (Å²) in [5, 5.41) is 0. The molecule has 0 bridgehead atoms. The van der Waals surface area contributed by atoms with Crippen LogP contribution in [0.2, 0.25) is 0 Å². The molecule has 2 aromatic heterocycles. The van der Waals surface area contributed by atoms with E-state index in [1.165, 1.54) is 12.1 Å². The van der Waals surface area contributed by atoms with Gasteiger partial charge in [-0.25, -0.2) is 4.39 Å². The highest BCUT2D eigenvalue weighted by Gasteiger charge is 2.24. The van der Waals surface area contributed by atoms with Gasteiger partial charge in [-0.05, 0) is 98.3 Å². The van der Waals surface area contributed by atoms with Crippen molar-refractivity contribution in [3.63, 3.8) is 0 Å². The van der Waals surface area contributed by atoms with Crippen LogP contribution in [-0.2, 0) is 17.8 Å². The van der Waals surface area contributed by atoms with E-state index in [9.17, 15) is 14.0 Å². The Labute approximate surface area is 237 Å². The molecule has 4 rings (SSSR count). The van der Waals surface area contributed by atoms with Gasteiger partial charge in [0.2, 0.25) is 5.91 Å². The average molecular weight is 546 g/mol. The molecule has 8 heteroatoms. The number of aromatic nitrogens is 2. The molecule has 0 saturated heterocycles. The van der Waals surface area contributed by atoms with Crippen LogP contribution in [0.3, 0.4) is 0 Å². The van der Waals surface area contributed by atoms with Crippen molar-refractivity contribution in [2.45, 2.75) is 52.5 Å². The molecule has 0 fully saturated rings. The van der Waals surface area contributed by atoms with E-state index < -0.39 is 0 Å². The number of pyridine rings is 2. The van der Waals surface area contributed by atoms with Crippen molar-refractivity contribution in [3.05, 3.63) is 89.8 Å². The lowest BCUT2D eigenvalue weighted by atomic mass is 10.1. The first-order valence-corrected chi connectivity index (χ1v) is 14.3. The molecule has 40 heavy (non-hydrogen) atoms. The number of halogens is 1. The lowest BCUT2D eigenvalue weighted by molar-refractivity contribution is -0.132. The maximum absolute atomic E-state index is 14.6. The van der Waals surface area contributed by atoms with Gasteiger partial charge in [0.15, 0.2) is 0 Å². The summed E-state index contributed by atoms with van der Waals surface area (Å²) in [6.07, 6.45) is 10.3. The third kappa shape index (κ3) is 8.42. The van der Waals surface area contributed by atoms with E-state index >= 15 is 0 Å². The van der Waals surface area contributed by atoms with E-state index in [4.69, 9.17) is 0 Å². The standard InChI is InChI=1S/C32H40FN5O2/c1-25(2)23-36-17-5-19-37(31(39)9-3-7-26-12-15-34-16-13-26)24-28-21-29(33)10-11-30(28)38(20-6-18-36)32(40)27-8-4-14-35-22-27/h4,8,10-16,21-22,25H,3,5-7,9,17-20,23-24H2,1-2H3. The van der Waals surface area contributed by atoms with E-state index in [2.05, 4.69) is 28.7 Å². The van der Waals surface area contributed by atoms with Gasteiger partial charge < -0.3 is 14.7 Å². The van der Waals surface area contributed by atoms with E-state index in [1.807, 2.05) is 17.0 Å². The summed E-state index contributed by atoms with van der Waals surface area (Å²) in [4.78, 5) is 41.4. The van der Waals surface area contributed by atoms with Gasteiger partial charge in [-0.3, -0.25) is 19.6 Å². The summed E-state index contributed by atoms with van der Waals surface area (Å²) in [7, 11) is 0. The fourth-order valence-electron chi connectivity index (χ4n) is 5.32. The third-order valence-corrected chi connectivity index (χ3v) is 7.19. The predicted molar refractivity (Wildman–Crippen MR) is 155 cm³/mol. The van der Waals surface area contributed by atoms with Gasteiger partial charge in [-0.2, -0.15) is 0 Å². The normalized spacial score (nSPS) is 15.3. The molecule has 1 aliphatic rings. The van der Waals surface area contributed by atoms with Crippen molar-refractivity contribution in [2.24, 2.45) is 5.92 Å². The second-order valence-corrected chi connectivity index (χ2v) is 10.9. The first kappa shape index (κ1) is 29.3. The van der Waals surface area contributed by atoms with Crippen molar-refractivity contribution in [1.29, 1.82) is 0 Å². The van der Waals surface area contributed by atoms with Crippen molar-refractivity contribution < 1.29 is 14.0 Å². The minimum absolute atomic E-state index is 0.0434. The summed E-state index contributed by atoms with van der Waals surface area (Å²) >= 11 is 0. The topological polar surface area (TPSA) is 69.6 Å². The highest BCUT2D eigenvalue weighted by Crippen LogP contribution is 2.27. The fourth-order valence-corrected chi connectivity index (χ4v) is 5.32. The van der Waals surface area contributed by atoms with Crippen LogP contribution in [0, 0.1) is 11.7 Å². The first-order chi connectivity index (χ1) is 19.4. The quantitative estimate of drug-likeness (QED) is 0.400. The van der Waals surface area contributed by atoms with Crippen LogP contribution in [0.5, 0.6) is 0 Å². The molecule has 0 saturated carbocycles. The molecule has 2 amide bonds. The predicted octanol–water partition coefficient (Wildman–Crippen LogP) is 5.37. The van der Waals surface area contributed by atoms with Crippen LogP contribution in [0.15, 0.2) is 67.3 Å². The van der Waals surface area contributed by atoms with E-state index in [0.717, 1.165) is 50.9 Å². The van der Waals surface area contributed by atoms with Crippen LogP contribution in [0.1, 0.15) is 61.0 Å². The highest BCUT2D eigenvalue weighted by atomic mass is 19.1. The Morgan fingerprint density at radius 1 is 0.950 bits per heavy atom. The maximum atomic E-state index is 14.6. The summed E-state index contributed by atoms with van der Waals surface area (Å²) in [6, 6.07) is 12.0. The second kappa shape index (κ2) is 14.7. The Morgan fingerprint density at radius 3 is 2.45 bits per heavy atom. The van der Waals surface area contributed by atoms with E-state index in [0.29, 0.717) is 42.2 Å². The third-order valence-electron chi connectivity index (χ3n) is 7.19. The largest absolute Gasteiger partial charge is 0.338 e. The molecule has 1 aliphatic heterocycles. The van der Waals surface area contributed by atoms with Crippen molar-refractivity contribution in [3.8, 4) is 0 Å². The zero-order valence-electron chi connectivity index (χ0n) is 23.6. The summed E-state index contributed by atoms with van der Waals surface area (Å²) in [5.41, 5.74) is 2.91. The van der Waals surface area contributed by atoms with Crippen molar-refractivity contribution >= 4 is 17.5 Å². The number of carbonyl (C=O) groups is 2. The van der Waals surface area contributed by atoms with Crippen LogP contribution in [0.4, 0.5) is 10.1 Å². The molecule has 0 aliphatic carbocycles. The molecular weight excluding hydrogens is 505 g/mol. The number of amides is 2. The number of hydrogen-bond acceptors (Lipinski definition) is 5. The molecule has 0 spiro atoms. The molecule has 3 heterocycles. The number of anilines is 1. The molecule has 0 unspecified atom stereocenters. The van der Waals surface area contributed by atoms with Gasteiger partial charge in [-0.15, -0.1) is 0 Å². The van der Waals surface area contributed by atoms with Gasteiger partial charge in [0.1, 0.15) is 5.82 Å². The second-order valence-electron chi connectivity index (χ2n) is 10.9. The Bertz CT molecular complexity index is 1240. The molecule has 1 aromatic carbocycles. The van der Waals surface area contributed by atoms with Crippen LogP contribution in [-0.4, -0.2) is 64.3 Å². The summed E-state index contributed by atoms with van der Waals surface area (Å²) in [6.45, 7) is 8.39. The number of benzene rings is 1. The van der Waals surface area contributed by atoms with E-state index in [1.54, 1.807) is 47.9 Å². The van der Waals surface area contributed by atoms with E-state index in [-0.39, 0.29) is 24.2 Å². The Morgan fingerprint density at radius 2 is 1.73 bits per heavy atom.